The Kier molecular flexibility index (Phi) is 4.24. The van der Waals surface area contributed by atoms with E-state index in [1.165, 1.54) is 23.1 Å². The fourth-order valence-electron chi connectivity index (χ4n) is 4.47. The lowest BCUT2D eigenvalue weighted by molar-refractivity contribution is 0.0946. The third-order valence-electron chi connectivity index (χ3n) is 5.79. The zero-order valence-corrected chi connectivity index (χ0v) is 15.4. The number of likely N-dealkylation sites (tertiary alicyclic amines) is 1. The van der Waals surface area contributed by atoms with Crippen molar-refractivity contribution in [3.05, 3.63) is 58.7 Å². The van der Waals surface area contributed by atoms with Gasteiger partial charge >= 0.3 is 0 Å². The van der Waals surface area contributed by atoms with E-state index < -0.39 is 0 Å². The molecule has 5 nitrogen and oxygen atoms in total. The Morgan fingerprint density at radius 3 is 2.89 bits per heavy atom. The number of nitrogens with one attached hydrogen (secondary N) is 1. The molecule has 0 radical (unpaired) electrons. The number of ether oxygens (including phenoxy) is 2. The van der Waals surface area contributed by atoms with Crippen LogP contribution in [0.5, 0.6) is 11.5 Å². The van der Waals surface area contributed by atoms with Gasteiger partial charge in [0, 0.05) is 24.7 Å². The molecule has 2 aromatic carbocycles. The average molecular weight is 364 g/mol. The molecule has 1 saturated heterocycles. The molecule has 3 aliphatic heterocycles. The van der Waals surface area contributed by atoms with Gasteiger partial charge in [-0.25, -0.2) is 0 Å². The number of fused-ring (bicyclic) bond motifs is 2. The van der Waals surface area contributed by atoms with Crippen molar-refractivity contribution in [2.45, 2.75) is 31.8 Å². The van der Waals surface area contributed by atoms with Gasteiger partial charge in [0.2, 0.25) is 0 Å². The molecule has 0 bridgehead atoms. The topological polar surface area (TPSA) is 50.8 Å². The summed E-state index contributed by atoms with van der Waals surface area (Å²) in [5, 5.41) is 2.91. The predicted molar refractivity (Wildman–Crippen MR) is 102 cm³/mol. The highest BCUT2D eigenvalue weighted by molar-refractivity contribution is 5.96. The SMILES string of the molecule is O=C1NCCc2cc(CN3CCC[C@H]3c3ccc4c(c3)OCCO4)ccc21. The molecule has 0 unspecified atom stereocenters. The maximum absolute atomic E-state index is 12.0. The summed E-state index contributed by atoms with van der Waals surface area (Å²) < 4.78 is 11.4. The number of rotatable bonds is 3. The Bertz CT molecular complexity index is 880. The standard InChI is InChI=1S/C22H24N2O3/c25-22-18-5-3-15(12-16(18)7-8-23-22)14-24-9-1-2-19(24)17-4-6-20-21(13-17)27-11-10-26-20/h3-6,12-13,19H,1-2,7-11,14H2,(H,23,25)/t19-/m0/s1. The molecule has 0 aliphatic carbocycles. The summed E-state index contributed by atoms with van der Waals surface area (Å²) >= 11 is 0. The van der Waals surface area contributed by atoms with Crippen LogP contribution in [0.3, 0.4) is 0 Å². The zero-order chi connectivity index (χ0) is 18.2. The van der Waals surface area contributed by atoms with Crippen molar-refractivity contribution >= 4 is 5.91 Å². The van der Waals surface area contributed by atoms with Crippen molar-refractivity contribution in [2.75, 3.05) is 26.3 Å². The molecule has 5 heteroatoms. The molecule has 0 saturated carbocycles. The predicted octanol–water partition coefficient (Wildman–Crippen LogP) is 3.08. The minimum atomic E-state index is 0.0538. The van der Waals surface area contributed by atoms with Crippen LogP contribution < -0.4 is 14.8 Å². The fraction of sp³-hybridized carbons (Fsp3) is 0.409. The van der Waals surface area contributed by atoms with E-state index in [1.54, 1.807) is 0 Å². The maximum atomic E-state index is 12.0. The minimum Gasteiger partial charge on any atom is -0.486 e. The van der Waals surface area contributed by atoms with Gasteiger partial charge in [-0.05, 0) is 60.7 Å². The lowest BCUT2D eigenvalue weighted by Crippen LogP contribution is -2.32. The van der Waals surface area contributed by atoms with Crippen LogP contribution in [-0.4, -0.2) is 37.1 Å². The highest BCUT2D eigenvalue weighted by atomic mass is 16.6. The second-order valence-corrected chi connectivity index (χ2v) is 7.53. The van der Waals surface area contributed by atoms with Crippen LogP contribution in [0.15, 0.2) is 36.4 Å². The smallest absolute Gasteiger partial charge is 0.251 e. The Hall–Kier alpha value is -2.53. The number of carbonyl (C=O) groups is 1. The summed E-state index contributed by atoms with van der Waals surface area (Å²) in [6.07, 6.45) is 3.28. The van der Waals surface area contributed by atoms with Crippen molar-refractivity contribution < 1.29 is 14.3 Å². The van der Waals surface area contributed by atoms with Crippen molar-refractivity contribution in [3.8, 4) is 11.5 Å². The van der Waals surface area contributed by atoms with Crippen LogP contribution in [0.25, 0.3) is 0 Å². The Labute approximate surface area is 159 Å². The third-order valence-corrected chi connectivity index (χ3v) is 5.79. The lowest BCUT2D eigenvalue weighted by Gasteiger charge is -2.27. The largest absolute Gasteiger partial charge is 0.486 e. The van der Waals surface area contributed by atoms with Crippen molar-refractivity contribution in [2.24, 2.45) is 0 Å². The monoisotopic (exact) mass is 364 g/mol. The van der Waals surface area contributed by atoms with Crippen LogP contribution in [-0.2, 0) is 13.0 Å². The highest BCUT2D eigenvalue weighted by Crippen LogP contribution is 2.38. The van der Waals surface area contributed by atoms with Crippen molar-refractivity contribution in [1.29, 1.82) is 0 Å². The first-order valence-electron chi connectivity index (χ1n) is 9.81. The number of benzene rings is 2. The van der Waals surface area contributed by atoms with Crippen LogP contribution in [0.1, 0.15) is 45.9 Å². The van der Waals surface area contributed by atoms with Gasteiger partial charge in [0.15, 0.2) is 11.5 Å². The van der Waals surface area contributed by atoms with Gasteiger partial charge in [0.05, 0.1) is 0 Å². The molecule has 3 heterocycles. The molecule has 5 rings (SSSR count). The Morgan fingerprint density at radius 1 is 1.07 bits per heavy atom. The molecular weight excluding hydrogens is 340 g/mol. The van der Waals surface area contributed by atoms with Gasteiger partial charge in [-0.1, -0.05) is 18.2 Å². The molecule has 1 N–H and O–H groups in total. The molecule has 2 aromatic rings. The minimum absolute atomic E-state index is 0.0538. The van der Waals surface area contributed by atoms with Crippen LogP contribution in [0.4, 0.5) is 0 Å². The molecule has 140 valence electrons. The quantitative estimate of drug-likeness (QED) is 0.909. The zero-order valence-electron chi connectivity index (χ0n) is 15.4. The van der Waals surface area contributed by atoms with Gasteiger partial charge in [-0.15, -0.1) is 0 Å². The molecule has 1 atom stereocenters. The van der Waals surface area contributed by atoms with Crippen molar-refractivity contribution in [1.82, 2.24) is 10.2 Å². The van der Waals surface area contributed by atoms with E-state index in [4.69, 9.17) is 9.47 Å². The van der Waals surface area contributed by atoms with E-state index in [1.807, 2.05) is 12.1 Å². The normalized spacial score (nSPS) is 21.6. The summed E-state index contributed by atoms with van der Waals surface area (Å²) in [4.78, 5) is 14.5. The van der Waals surface area contributed by atoms with E-state index >= 15 is 0 Å². The lowest BCUT2D eigenvalue weighted by atomic mass is 9.97. The molecule has 0 spiro atoms. The summed E-state index contributed by atoms with van der Waals surface area (Å²) in [5.41, 5.74) is 4.59. The number of hydrogen-bond donors (Lipinski definition) is 1. The molecule has 1 amide bonds. The highest BCUT2D eigenvalue weighted by Gasteiger charge is 2.28. The van der Waals surface area contributed by atoms with E-state index in [-0.39, 0.29) is 5.91 Å². The van der Waals surface area contributed by atoms with E-state index in [9.17, 15) is 4.79 Å². The molecular formula is C22H24N2O3. The molecule has 1 fully saturated rings. The second kappa shape index (κ2) is 6.89. The number of amides is 1. The maximum Gasteiger partial charge on any atom is 0.251 e. The molecule has 3 aliphatic rings. The Balaban J connectivity index is 1.37. The van der Waals surface area contributed by atoms with Crippen molar-refractivity contribution in [3.63, 3.8) is 0 Å². The fourth-order valence-corrected chi connectivity index (χ4v) is 4.47. The summed E-state index contributed by atoms with van der Waals surface area (Å²) in [7, 11) is 0. The van der Waals surface area contributed by atoms with Crippen LogP contribution in [0.2, 0.25) is 0 Å². The van der Waals surface area contributed by atoms with Crippen LogP contribution >= 0.6 is 0 Å². The number of carbonyl (C=O) groups excluding carboxylic acids is 1. The van der Waals surface area contributed by atoms with Gasteiger partial charge in [-0.3, -0.25) is 9.69 Å². The Morgan fingerprint density at radius 2 is 1.96 bits per heavy atom. The molecule has 0 aromatic heterocycles. The summed E-state index contributed by atoms with van der Waals surface area (Å²) in [6.45, 7) is 3.98. The first kappa shape index (κ1) is 16.6. The van der Waals surface area contributed by atoms with Crippen LogP contribution in [0, 0.1) is 0 Å². The average Bonchev–Trinajstić information content (AvgIpc) is 3.16. The molecule has 27 heavy (non-hydrogen) atoms. The van der Waals surface area contributed by atoms with E-state index in [0.29, 0.717) is 19.3 Å². The second-order valence-electron chi connectivity index (χ2n) is 7.53. The third kappa shape index (κ3) is 3.16. The van der Waals surface area contributed by atoms with Gasteiger partial charge in [0.25, 0.3) is 5.91 Å². The summed E-state index contributed by atoms with van der Waals surface area (Å²) in [6, 6.07) is 13.1. The van der Waals surface area contributed by atoms with Gasteiger partial charge in [-0.2, -0.15) is 0 Å². The van der Waals surface area contributed by atoms with E-state index in [2.05, 4.69) is 34.5 Å². The van der Waals surface area contributed by atoms with Gasteiger partial charge < -0.3 is 14.8 Å². The summed E-state index contributed by atoms with van der Waals surface area (Å²) in [5.74, 6) is 1.77. The van der Waals surface area contributed by atoms with E-state index in [0.717, 1.165) is 49.5 Å². The first-order chi connectivity index (χ1) is 13.3. The number of hydrogen-bond acceptors (Lipinski definition) is 4. The number of nitrogens with zero attached hydrogens (tertiary/aromatic N) is 1. The van der Waals surface area contributed by atoms with Gasteiger partial charge in [0.1, 0.15) is 13.2 Å². The first-order valence-corrected chi connectivity index (χ1v) is 9.81.